The number of thioether (sulfide) groups is 1. The standard InChI is InChI=1S/C22H14ClNOS/c23-14-11-9-13(10-12-14)22-19-20(15-5-1-2-6-16(15)21(19)25)24-17-7-3-4-8-18(17)26-22/h1-12,19,22H/t19-,22-/m1/s1. The number of para-hydroxylation sites is 1. The number of carbonyl (C=O) groups excluding carboxylic acids is 1. The average Bonchev–Trinajstić information content (AvgIpc) is 2.84. The van der Waals surface area contributed by atoms with Gasteiger partial charge in [-0.15, -0.1) is 11.8 Å². The molecule has 0 unspecified atom stereocenters. The number of ketones is 1. The molecule has 5 rings (SSSR count). The molecule has 0 aromatic heterocycles. The minimum absolute atomic E-state index is 0.0328. The van der Waals surface area contributed by atoms with Gasteiger partial charge in [-0.05, 0) is 29.8 Å². The normalized spacial score (nSPS) is 20.7. The van der Waals surface area contributed by atoms with Crippen LogP contribution in [0.25, 0.3) is 0 Å². The van der Waals surface area contributed by atoms with Gasteiger partial charge in [-0.3, -0.25) is 9.79 Å². The van der Waals surface area contributed by atoms with Crippen molar-refractivity contribution in [3.05, 3.63) is 94.5 Å². The third-order valence-corrected chi connectivity index (χ3v) is 6.56. The van der Waals surface area contributed by atoms with Crippen LogP contribution >= 0.6 is 23.4 Å². The molecule has 0 fully saturated rings. The highest BCUT2D eigenvalue weighted by atomic mass is 35.5. The van der Waals surface area contributed by atoms with E-state index in [2.05, 4.69) is 6.07 Å². The van der Waals surface area contributed by atoms with Gasteiger partial charge < -0.3 is 0 Å². The molecule has 2 atom stereocenters. The van der Waals surface area contributed by atoms with Crippen LogP contribution in [0.15, 0.2) is 82.7 Å². The van der Waals surface area contributed by atoms with Gasteiger partial charge in [0.05, 0.1) is 22.6 Å². The maximum atomic E-state index is 13.3. The first-order chi connectivity index (χ1) is 12.7. The molecule has 1 heterocycles. The second-order valence-corrected chi connectivity index (χ2v) is 8.06. The summed E-state index contributed by atoms with van der Waals surface area (Å²) in [6, 6.07) is 23.7. The van der Waals surface area contributed by atoms with Gasteiger partial charge >= 0.3 is 0 Å². The lowest BCUT2D eigenvalue weighted by Crippen LogP contribution is -2.21. The van der Waals surface area contributed by atoms with Crippen LogP contribution in [0.2, 0.25) is 5.02 Å². The Hall–Kier alpha value is -2.36. The molecule has 4 heteroatoms. The Morgan fingerprint density at radius 2 is 1.54 bits per heavy atom. The van der Waals surface area contributed by atoms with E-state index in [0.717, 1.165) is 33.0 Å². The lowest BCUT2D eigenvalue weighted by Gasteiger charge is -2.21. The van der Waals surface area contributed by atoms with Crippen LogP contribution in [-0.2, 0) is 0 Å². The monoisotopic (exact) mass is 375 g/mol. The minimum Gasteiger partial charge on any atom is -0.293 e. The van der Waals surface area contributed by atoms with Crippen molar-refractivity contribution in [2.24, 2.45) is 10.9 Å². The van der Waals surface area contributed by atoms with Gasteiger partial charge in [0.25, 0.3) is 0 Å². The fraction of sp³-hybridized carbons (Fsp3) is 0.0909. The predicted octanol–water partition coefficient (Wildman–Crippen LogP) is 6.12. The van der Waals surface area contributed by atoms with Crippen molar-refractivity contribution in [1.29, 1.82) is 0 Å². The van der Waals surface area contributed by atoms with Gasteiger partial charge in [0, 0.05) is 21.0 Å². The van der Waals surface area contributed by atoms with E-state index in [1.807, 2.05) is 66.7 Å². The maximum absolute atomic E-state index is 13.3. The van der Waals surface area contributed by atoms with Crippen LogP contribution in [0.3, 0.4) is 0 Å². The summed E-state index contributed by atoms with van der Waals surface area (Å²) in [5.41, 5.74) is 4.63. The molecule has 1 aliphatic heterocycles. The topological polar surface area (TPSA) is 29.4 Å². The summed E-state index contributed by atoms with van der Waals surface area (Å²) in [6.07, 6.45) is 0. The zero-order valence-corrected chi connectivity index (χ0v) is 15.3. The van der Waals surface area contributed by atoms with E-state index in [4.69, 9.17) is 16.6 Å². The highest BCUT2D eigenvalue weighted by Gasteiger charge is 2.44. The van der Waals surface area contributed by atoms with Gasteiger partial charge in [-0.25, -0.2) is 0 Å². The number of aliphatic imine (C=N–C) groups is 1. The third kappa shape index (κ3) is 2.43. The summed E-state index contributed by atoms with van der Waals surface area (Å²) in [4.78, 5) is 19.3. The van der Waals surface area contributed by atoms with E-state index in [1.54, 1.807) is 11.8 Å². The Balaban J connectivity index is 1.75. The highest BCUT2D eigenvalue weighted by molar-refractivity contribution is 7.99. The largest absolute Gasteiger partial charge is 0.293 e. The van der Waals surface area contributed by atoms with E-state index in [9.17, 15) is 4.79 Å². The lowest BCUT2D eigenvalue weighted by atomic mass is 9.93. The van der Waals surface area contributed by atoms with Crippen LogP contribution in [0, 0.1) is 5.92 Å². The minimum atomic E-state index is -0.286. The molecule has 0 saturated heterocycles. The Bertz CT molecular complexity index is 1060. The highest BCUT2D eigenvalue weighted by Crippen LogP contribution is 2.51. The summed E-state index contributed by atoms with van der Waals surface area (Å²) < 4.78 is 0. The van der Waals surface area contributed by atoms with Gasteiger partial charge in [0.2, 0.25) is 0 Å². The van der Waals surface area contributed by atoms with Crippen molar-refractivity contribution in [3.8, 4) is 0 Å². The van der Waals surface area contributed by atoms with Crippen molar-refractivity contribution in [3.63, 3.8) is 0 Å². The Labute approximate surface area is 160 Å². The van der Waals surface area contributed by atoms with Gasteiger partial charge in [0.15, 0.2) is 5.78 Å². The number of nitrogens with zero attached hydrogens (tertiary/aromatic N) is 1. The summed E-state index contributed by atoms with van der Waals surface area (Å²) in [5, 5.41) is 0.664. The Morgan fingerprint density at radius 3 is 2.35 bits per heavy atom. The number of Topliss-reactive ketones (excluding diaryl/α,β-unsaturated/α-hetero) is 1. The van der Waals surface area contributed by atoms with Crippen LogP contribution in [-0.4, -0.2) is 11.5 Å². The van der Waals surface area contributed by atoms with Gasteiger partial charge in [0.1, 0.15) is 0 Å². The predicted molar refractivity (Wildman–Crippen MR) is 107 cm³/mol. The van der Waals surface area contributed by atoms with E-state index in [1.165, 1.54) is 0 Å². The molecule has 0 spiro atoms. The van der Waals surface area contributed by atoms with E-state index < -0.39 is 0 Å². The SMILES string of the molecule is O=C1c2ccccc2C2=Nc3ccccc3S[C@H](c3ccc(Cl)cc3)[C@@H]12. The van der Waals surface area contributed by atoms with E-state index in [0.29, 0.717) is 5.02 Å². The molecule has 0 radical (unpaired) electrons. The molecule has 26 heavy (non-hydrogen) atoms. The van der Waals surface area contributed by atoms with Crippen molar-refractivity contribution in [2.75, 3.05) is 0 Å². The molecule has 3 aromatic rings. The number of benzene rings is 3. The quantitative estimate of drug-likeness (QED) is 0.512. The molecule has 1 aliphatic carbocycles. The molecule has 0 saturated carbocycles. The molecule has 2 nitrogen and oxygen atoms in total. The summed E-state index contributed by atoms with van der Waals surface area (Å²) in [5.74, 6) is -0.134. The molecule has 0 amide bonds. The molecule has 3 aromatic carbocycles. The first kappa shape index (κ1) is 15.9. The number of halogens is 1. The van der Waals surface area contributed by atoms with Gasteiger partial charge in [-0.1, -0.05) is 60.1 Å². The third-order valence-electron chi connectivity index (χ3n) is 4.91. The zero-order chi connectivity index (χ0) is 17.7. The molecular formula is C22H14ClNOS. The molecule has 0 N–H and O–H groups in total. The Morgan fingerprint density at radius 1 is 0.846 bits per heavy atom. The Kier molecular flexibility index (Phi) is 3.73. The number of fused-ring (bicyclic) bond motifs is 4. The van der Waals surface area contributed by atoms with E-state index >= 15 is 0 Å². The molecular weight excluding hydrogens is 362 g/mol. The van der Waals surface area contributed by atoms with Crippen molar-refractivity contribution < 1.29 is 4.79 Å². The fourth-order valence-electron chi connectivity index (χ4n) is 3.69. The first-order valence-corrected chi connectivity index (χ1v) is 9.71. The summed E-state index contributed by atoms with van der Waals surface area (Å²) in [6.45, 7) is 0. The molecule has 0 bridgehead atoms. The average molecular weight is 376 g/mol. The van der Waals surface area contributed by atoms with Crippen LogP contribution < -0.4 is 0 Å². The lowest BCUT2D eigenvalue weighted by molar-refractivity contribution is 0.0960. The number of hydrogen-bond donors (Lipinski definition) is 0. The molecule has 126 valence electrons. The van der Waals surface area contributed by atoms with E-state index in [-0.39, 0.29) is 17.0 Å². The molecule has 2 aliphatic rings. The van der Waals surface area contributed by atoms with Crippen molar-refractivity contribution in [2.45, 2.75) is 10.1 Å². The summed E-state index contributed by atoms with van der Waals surface area (Å²) in [7, 11) is 0. The van der Waals surface area contributed by atoms with Crippen LogP contribution in [0.1, 0.15) is 26.7 Å². The number of rotatable bonds is 1. The summed E-state index contributed by atoms with van der Waals surface area (Å²) >= 11 is 7.79. The smallest absolute Gasteiger partial charge is 0.174 e. The number of hydrogen-bond acceptors (Lipinski definition) is 3. The van der Waals surface area contributed by atoms with Crippen molar-refractivity contribution >= 4 is 40.5 Å². The van der Waals surface area contributed by atoms with Crippen LogP contribution in [0.4, 0.5) is 5.69 Å². The number of carbonyl (C=O) groups is 1. The second-order valence-electron chi connectivity index (χ2n) is 6.44. The second kappa shape index (κ2) is 6.11. The van der Waals surface area contributed by atoms with Crippen LogP contribution in [0.5, 0.6) is 0 Å². The maximum Gasteiger partial charge on any atom is 0.174 e. The first-order valence-electron chi connectivity index (χ1n) is 8.46. The van der Waals surface area contributed by atoms with Gasteiger partial charge in [-0.2, -0.15) is 0 Å². The zero-order valence-electron chi connectivity index (χ0n) is 13.7. The van der Waals surface area contributed by atoms with Crippen molar-refractivity contribution in [1.82, 2.24) is 0 Å². The fourth-order valence-corrected chi connectivity index (χ4v) is 5.16.